The first-order valence-electron chi connectivity index (χ1n) is 7.05. The minimum atomic E-state index is -0.604. The topological polar surface area (TPSA) is 32.3 Å². The Kier molecular flexibility index (Phi) is 5.96. The molecule has 0 radical (unpaired) electrons. The molecule has 1 atom stereocenters. The van der Waals surface area contributed by atoms with Crippen molar-refractivity contribution in [1.29, 1.82) is 0 Å². The number of hydrogen-bond donors (Lipinski definition) is 1. The number of urea groups is 1. The summed E-state index contributed by atoms with van der Waals surface area (Å²) in [5.74, 6) is -1.21. The van der Waals surface area contributed by atoms with Gasteiger partial charge in [-0.2, -0.15) is 0 Å². The van der Waals surface area contributed by atoms with Crippen molar-refractivity contribution in [1.82, 2.24) is 10.2 Å². The van der Waals surface area contributed by atoms with E-state index in [1.54, 1.807) is 20.0 Å². The summed E-state index contributed by atoms with van der Waals surface area (Å²) in [4.78, 5) is 14.6. The molecule has 0 spiro atoms. The molecule has 0 aliphatic heterocycles. The molecule has 23 heavy (non-hydrogen) atoms. The first kappa shape index (κ1) is 17.7. The first-order chi connectivity index (χ1) is 10.9. The second-order valence-electron chi connectivity index (χ2n) is 5.32. The molecule has 1 aromatic carbocycles. The van der Waals surface area contributed by atoms with Gasteiger partial charge >= 0.3 is 6.03 Å². The molecule has 2 rings (SSSR count). The highest BCUT2D eigenvalue weighted by Gasteiger charge is 2.16. The molecule has 1 unspecified atom stereocenters. The van der Waals surface area contributed by atoms with Crippen LogP contribution in [-0.4, -0.2) is 24.0 Å². The molecule has 2 amide bonds. The molecule has 7 heteroatoms. The number of halogens is 3. The van der Waals surface area contributed by atoms with Gasteiger partial charge in [-0.3, -0.25) is 0 Å². The Bertz CT molecular complexity index is 672. The zero-order valence-corrected chi connectivity index (χ0v) is 14.3. The lowest BCUT2D eigenvalue weighted by Crippen LogP contribution is -2.42. The number of hydrogen-bond acceptors (Lipinski definition) is 2. The van der Waals surface area contributed by atoms with Gasteiger partial charge in [-0.15, -0.1) is 11.3 Å². The summed E-state index contributed by atoms with van der Waals surface area (Å²) >= 11 is 7.26. The number of benzene rings is 1. The van der Waals surface area contributed by atoms with Gasteiger partial charge in [-0.05, 0) is 37.6 Å². The summed E-state index contributed by atoms with van der Waals surface area (Å²) in [6, 6.07) is 6.66. The second-order valence-corrected chi connectivity index (χ2v) is 7.12. The highest BCUT2D eigenvalue weighted by molar-refractivity contribution is 7.16. The minimum absolute atomic E-state index is 0.0204. The van der Waals surface area contributed by atoms with Crippen molar-refractivity contribution in [2.75, 3.05) is 7.05 Å². The monoisotopic (exact) mass is 358 g/mol. The van der Waals surface area contributed by atoms with Gasteiger partial charge in [0.2, 0.25) is 0 Å². The van der Waals surface area contributed by atoms with Crippen LogP contribution in [0, 0.1) is 11.6 Å². The van der Waals surface area contributed by atoms with Crippen LogP contribution in [0.4, 0.5) is 13.6 Å². The van der Waals surface area contributed by atoms with E-state index in [4.69, 9.17) is 11.6 Å². The highest BCUT2D eigenvalue weighted by atomic mass is 35.5. The van der Waals surface area contributed by atoms with Crippen molar-refractivity contribution in [2.45, 2.75) is 25.9 Å². The Hall–Kier alpha value is -1.66. The molecule has 0 saturated carbocycles. The standard InChI is InChI=1S/C16H17ClF2N2OS/c1-10(8-12-13(18)4-3-5-14(12)19)20-16(22)21(2)9-11-6-7-15(17)23-11/h3-7,10H,8-9H2,1-2H3,(H,20,22). The van der Waals surface area contributed by atoms with E-state index in [-0.39, 0.29) is 18.0 Å². The van der Waals surface area contributed by atoms with Gasteiger partial charge in [0.15, 0.2) is 0 Å². The average Bonchev–Trinajstić information content (AvgIpc) is 2.88. The van der Waals surface area contributed by atoms with Crippen molar-refractivity contribution in [2.24, 2.45) is 0 Å². The summed E-state index contributed by atoms with van der Waals surface area (Å²) < 4.78 is 27.9. The molecule has 3 nitrogen and oxygen atoms in total. The van der Waals surface area contributed by atoms with Crippen molar-refractivity contribution in [3.8, 4) is 0 Å². The van der Waals surface area contributed by atoms with Gasteiger partial charge in [0.05, 0.1) is 10.9 Å². The Morgan fingerprint density at radius 3 is 2.52 bits per heavy atom. The zero-order chi connectivity index (χ0) is 17.0. The predicted octanol–water partition coefficient (Wildman–Crippen LogP) is 4.45. The SMILES string of the molecule is CC(Cc1c(F)cccc1F)NC(=O)N(C)Cc1ccc(Cl)s1. The van der Waals surface area contributed by atoms with E-state index in [0.29, 0.717) is 10.9 Å². The minimum Gasteiger partial charge on any atom is -0.335 e. The van der Waals surface area contributed by atoms with Gasteiger partial charge in [0, 0.05) is 23.5 Å². The van der Waals surface area contributed by atoms with Crippen LogP contribution in [0.15, 0.2) is 30.3 Å². The van der Waals surface area contributed by atoms with Gasteiger partial charge in [-0.1, -0.05) is 17.7 Å². The third-order valence-corrected chi connectivity index (χ3v) is 4.53. The molecule has 0 aliphatic carbocycles. The molecular formula is C16H17ClF2N2OS. The molecule has 1 heterocycles. The van der Waals surface area contributed by atoms with E-state index >= 15 is 0 Å². The van der Waals surface area contributed by atoms with Crippen LogP contribution in [0.2, 0.25) is 4.34 Å². The molecule has 2 aromatic rings. The molecular weight excluding hydrogens is 342 g/mol. The van der Waals surface area contributed by atoms with Crippen molar-refractivity contribution < 1.29 is 13.6 Å². The molecule has 0 saturated heterocycles. The maximum atomic E-state index is 13.6. The lowest BCUT2D eigenvalue weighted by molar-refractivity contribution is 0.203. The van der Waals surface area contributed by atoms with Gasteiger partial charge in [0.25, 0.3) is 0 Å². The summed E-state index contributed by atoms with van der Waals surface area (Å²) in [7, 11) is 1.65. The van der Waals surface area contributed by atoms with Crippen LogP contribution in [0.3, 0.4) is 0 Å². The fraction of sp³-hybridized carbons (Fsp3) is 0.312. The van der Waals surface area contributed by atoms with Crippen LogP contribution < -0.4 is 5.32 Å². The van der Waals surface area contributed by atoms with Crippen molar-refractivity contribution in [3.63, 3.8) is 0 Å². The number of carbonyl (C=O) groups is 1. The van der Waals surface area contributed by atoms with E-state index in [2.05, 4.69) is 5.32 Å². The normalized spacial score (nSPS) is 12.0. The number of nitrogens with one attached hydrogen (secondary N) is 1. The maximum Gasteiger partial charge on any atom is 0.317 e. The fourth-order valence-electron chi connectivity index (χ4n) is 2.15. The van der Waals surface area contributed by atoms with E-state index in [1.165, 1.54) is 34.4 Å². The van der Waals surface area contributed by atoms with E-state index < -0.39 is 17.7 Å². The van der Waals surface area contributed by atoms with Crippen LogP contribution in [-0.2, 0) is 13.0 Å². The third kappa shape index (κ3) is 4.91. The third-order valence-electron chi connectivity index (χ3n) is 3.31. The first-order valence-corrected chi connectivity index (χ1v) is 8.25. The average molecular weight is 359 g/mol. The van der Waals surface area contributed by atoms with Crippen molar-refractivity contribution in [3.05, 3.63) is 56.7 Å². The van der Waals surface area contributed by atoms with E-state index in [9.17, 15) is 13.6 Å². The maximum absolute atomic E-state index is 13.6. The summed E-state index contributed by atoms with van der Waals surface area (Å²) in [6.07, 6.45) is 0.0862. The fourth-order valence-corrected chi connectivity index (χ4v) is 3.29. The summed E-state index contributed by atoms with van der Waals surface area (Å²) in [5.41, 5.74) is -0.0204. The van der Waals surface area contributed by atoms with E-state index in [1.807, 2.05) is 6.07 Å². The summed E-state index contributed by atoms with van der Waals surface area (Å²) in [6.45, 7) is 2.13. The van der Waals surface area contributed by atoms with Crippen LogP contribution in [0.1, 0.15) is 17.4 Å². The van der Waals surface area contributed by atoms with Crippen LogP contribution in [0.25, 0.3) is 0 Å². The second kappa shape index (κ2) is 7.75. The smallest absolute Gasteiger partial charge is 0.317 e. The highest BCUT2D eigenvalue weighted by Crippen LogP contribution is 2.22. The number of carbonyl (C=O) groups excluding carboxylic acids is 1. The molecule has 0 bridgehead atoms. The number of amides is 2. The van der Waals surface area contributed by atoms with Crippen LogP contribution in [0.5, 0.6) is 0 Å². The van der Waals surface area contributed by atoms with Crippen molar-refractivity contribution >= 4 is 29.0 Å². The van der Waals surface area contributed by atoms with Gasteiger partial charge in [-0.25, -0.2) is 13.6 Å². The Balaban J connectivity index is 1.91. The van der Waals surface area contributed by atoms with Gasteiger partial charge in [0.1, 0.15) is 11.6 Å². The molecule has 1 N–H and O–H groups in total. The largest absolute Gasteiger partial charge is 0.335 e. The Labute approximate surface area is 142 Å². The number of thiophene rings is 1. The lowest BCUT2D eigenvalue weighted by Gasteiger charge is -2.21. The molecule has 1 aromatic heterocycles. The van der Waals surface area contributed by atoms with E-state index in [0.717, 1.165) is 4.88 Å². The molecule has 124 valence electrons. The zero-order valence-electron chi connectivity index (χ0n) is 12.8. The Morgan fingerprint density at radius 2 is 1.96 bits per heavy atom. The van der Waals surface area contributed by atoms with Gasteiger partial charge < -0.3 is 10.2 Å². The van der Waals surface area contributed by atoms with Crippen LogP contribution >= 0.6 is 22.9 Å². The molecule has 0 fully saturated rings. The quantitative estimate of drug-likeness (QED) is 0.841. The lowest BCUT2D eigenvalue weighted by atomic mass is 10.1. The number of rotatable bonds is 5. The number of nitrogens with zero attached hydrogens (tertiary/aromatic N) is 1. The Morgan fingerprint density at radius 1 is 1.30 bits per heavy atom. The predicted molar refractivity (Wildman–Crippen MR) is 88.9 cm³/mol. The molecule has 0 aliphatic rings. The summed E-state index contributed by atoms with van der Waals surface area (Å²) in [5, 5.41) is 2.73.